The molecule has 0 aliphatic carbocycles. The maximum absolute atomic E-state index is 13.2. The van der Waals surface area contributed by atoms with E-state index in [-0.39, 0.29) is 30.2 Å². The number of halogens is 1. The highest BCUT2D eigenvalue weighted by molar-refractivity contribution is 7.16. The number of nitrogens with one attached hydrogen (secondary N) is 1. The number of carbonyl (C=O) groups is 2. The molecule has 5 nitrogen and oxygen atoms in total. The first-order chi connectivity index (χ1) is 12.7. The number of ether oxygens (including phenoxy) is 1. The number of quaternary nitrogens is 1. The molecule has 1 amide bonds. The van der Waals surface area contributed by atoms with E-state index in [1.807, 2.05) is 19.2 Å². The minimum atomic E-state index is -0.456. The molecule has 1 aromatic heterocycles. The van der Waals surface area contributed by atoms with Crippen LogP contribution in [-0.2, 0) is 9.53 Å². The van der Waals surface area contributed by atoms with Gasteiger partial charge in [0.25, 0.3) is 5.91 Å². The first-order valence-electron chi connectivity index (χ1n) is 8.81. The van der Waals surface area contributed by atoms with E-state index in [4.69, 9.17) is 4.74 Å². The maximum Gasteiger partial charge on any atom is 0.341 e. The van der Waals surface area contributed by atoms with Gasteiger partial charge in [0.2, 0.25) is 0 Å². The molecule has 7 heteroatoms. The van der Waals surface area contributed by atoms with Gasteiger partial charge in [-0.25, -0.2) is 9.18 Å². The summed E-state index contributed by atoms with van der Waals surface area (Å²) < 4.78 is 18.0. The van der Waals surface area contributed by atoms with Crippen LogP contribution in [0.25, 0.3) is 0 Å². The van der Waals surface area contributed by atoms with Crippen molar-refractivity contribution in [2.24, 2.45) is 5.92 Å². The molecule has 0 radical (unpaired) electrons. The average Bonchev–Trinajstić information content (AvgIpc) is 2.89. The van der Waals surface area contributed by atoms with Crippen LogP contribution in [0.3, 0.4) is 0 Å². The fourth-order valence-electron chi connectivity index (χ4n) is 2.95. The number of methoxy groups -OCH3 is 1. The van der Waals surface area contributed by atoms with Crippen LogP contribution in [0.15, 0.2) is 24.3 Å². The lowest BCUT2D eigenvalue weighted by molar-refractivity contribution is -0.692. The summed E-state index contributed by atoms with van der Waals surface area (Å²) in [5, 5.41) is 5.27. The summed E-state index contributed by atoms with van der Waals surface area (Å²) >= 11 is 1.36. The zero-order valence-electron chi connectivity index (χ0n) is 16.3. The van der Waals surface area contributed by atoms with E-state index in [1.165, 1.54) is 30.6 Å². The molecule has 0 saturated carbocycles. The summed E-state index contributed by atoms with van der Waals surface area (Å²) in [4.78, 5) is 25.4. The van der Waals surface area contributed by atoms with Gasteiger partial charge in [0.1, 0.15) is 16.9 Å². The van der Waals surface area contributed by atoms with E-state index in [9.17, 15) is 14.0 Å². The number of anilines is 1. The van der Waals surface area contributed by atoms with Gasteiger partial charge in [0.15, 0.2) is 6.54 Å². The first-order valence-corrected chi connectivity index (χ1v) is 9.63. The minimum absolute atomic E-state index is 0.0308. The lowest BCUT2D eigenvalue weighted by Gasteiger charge is -2.19. The maximum atomic E-state index is 13.2. The van der Waals surface area contributed by atoms with Gasteiger partial charge in [-0.2, -0.15) is 0 Å². The van der Waals surface area contributed by atoms with Gasteiger partial charge >= 0.3 is 5.97 Å². The Bertz CT molecular complexity index is 815. The summed E-state index contributed by atoms with van der Waals surface area (Å²) in [6, 6.07) is 6.38. The molecule has 0 aliphatic rings. The number of carbonyl (C=O) groups excluding carboxylic acids is 2. The minimum Gasteiger partial charge on any atom is -0.465 e. The fraction of sp³-hybridized carbons (Fsp3) is 0.400. The lowest BCUT2D eigenvalue weighted by atomic mass is 9.96. The number of benzene rings is 1. The largest absolute Gasteiger partial charge is 0.465 e. The van der Waals surface area contributed by atoms with E-state index < -0.39 is 5.97 Å². The average molecular weight is 394 g/mol. The first kappa shape index (κ1) is 21.1. The van der Waals surface area contributed by atoms with E-state index in [0.29, 0.717) is 10.6 Å². The van der Waals surface area contributed by atoms with Crippen molar-refractivity contribution in [2.45, 2.75) is 33.7 Å². The molecule has 2 aromatic rings. The van der Waals surface area contributed by atoms with Gasteiger partial charge in [0, 0.05) is 16.4 Å². The fourth-order valence-corrected chi connectivity index (χ4v) is 4.02. The van der Waals surface area contributed by atoms with Crippen LogP contribution >= 0.6 is 11.3 Å². The zero-order valence-corrected chi connectivity index (χ0v) is 17.1. The molecule has 1 heterocycles. The second-order valence-corrected chi connectivity index (χ2v) is 8.01. The Kier molecular flexibility index (Phi) is 7.10. The quantitative estimate of drug-likeness (QED) is 0.710. The predicted molar refractivity (Wildman–Crippen MR) is 105 cm³/mol. The van der Waals surface area contributed by atoms with E-state index in [1.54, 1.807) is 12.1 Å². The zero-order chi connectivity index (χ0) is 20.1. The Morgan fingerprint density at radius 3 is 2.41 bits per heavy atom. The van der Waals surface area contributed by atoms with Crippen molar-refractivity contribution in [3.05, 3.63) is 51.7 Å². The van der Waals surface area contributed by atoms with Crippen LogP contribution in [0, 0.1) is 25.6 Å². The number of hydrogen-bond acceptors (Lipinski definition) is 4. The standard InChI is InChI=1S/C20H25FN2O3S/c1-11(2)18(14-6-8-15(21)9-7-14)22-10-16(24)23-19-17(20(25)26-5)12(3)13(4)27-19/h6-9,11,18,22H,10H2,1-5H3,(H,23,24)/p+1/t18-/m1/s1. The van der Waals surface area contributed by atoms with Crippen LogP contribution in [0.4, 0.5) is 9.39 Å². The van der Waals surface area contributed by atoms with Crippen molar-refractivity contribution >= 4 is 28.2 Å². The van der Waals surface area contributed by atoms with Crippen molar-refractivity contribution in [3.63, 3.8) is 0 Å². The van der Waals surface area contributed by atoms with E-state index >= 15 is 0 Å². The molecule has 0 fully saturated rings. The highest BCUT2D eigenvalue weighted by Crippen LogP contribution is 2.32. The molecule has 0 unspecified atom stereocenters. The molecule has 146 valence electrons. The highest BCUT2D eigenvalue weighted by atomic mass is 32.1. The number of nitrogens with two attached hydrogens (primary N) is 1. The molecule has 0 spiro atoms. The van der Waals surface area contributed by atoms with Crippen molar-refractivity contribution in [1.82, 2.24) is 0 Å². The van der Waals surface area contributed by atoms with Crippen LogP contribution in [-0.4, -0.2) is 25.5 Å². The molecular weight excluding hydrogens is 367 g/mol. The third-order valence-electron chi connectivity index (χ3n) is 4.56. The van der Waals surface area contributed by atoms with Gasteiger partial charge in [-0.15, -0.1) is 11.3 Å². The smallest absolute Gasteiger partial charge is 0.341 e. The van der Waals surface area contributed by atoms with Gasteiger partial charge in [-0.3, -0.25) is 4.79 Å². The predicted octanol–water partition coefficient (Wildman–Crippen LogP) is 3.19. The van der Waals surface area contributed by atoms with Crippen molar-refractivity contribution in [3.8, 4) is 0 Å². The normalized spacial score (nSPS) is 12.1. The number of esters is 1. The SMILES string of the molecule is COC(=O)c1c(NC(=O)C[NH2+][C@@H](c2ccc(F)cc2)C(C)C)sc(C)c1C. The Labute approximate surface area is 162 Å². The third kappa shape index (κ3) is 5.14. The van der Waals surface area contributed by atoms with E-state index in [2.05, 4.69) is 19.2 Å². The summed E-state index contributed by atoms with van der Waals surface area (Å²) in [5.74, 6) is -0.672. The summed E-state index contributed by atoms with van der Waals surface area (Å²) in [7, 11) is 1.32. The summed E-state index contributed by atoms with van der Waals surface area (Å²) in [6.07, 6.45) is 0. The monoisotopic (exact) mass is 393 g/mol. The van der Waals surface area contributed by atoms with Crippen LogP contribution < -0.4 is 10.6 Å². The lowest BCUT2D eigenvalue weighted by Crippen LogP contribution is -2.88. The molecule has 0 saturated heterocycles. The Hall–Kier alpha value is -2.25. The molecule has 3 N–H and O–H groups in total. The topological polar surface area (TPSA) is 72.0 Å². The van der Waals surface area contributed by atoms with Gasteiger partial charge in [-0.1, -0.05) is 26.0 Å². The van der Waals surface area contributed by atoms with Gasteiger partial charge in [-0.05, 0) is 31.5 Å². The molecule has 0 aliphatic heterocycles. The molecule has 27 heavy (non-hydrogen) atoms. The van der Waals surface area contributed by atoms with Crippen LogP contribution in [0.1, 0.15) is 46.3 Å². The highest BCUT2D eigenvalue weighted by Gasteiger charge is 2.24. The Balaban J connectivity index is 2.08. The molecule has 1 aromatic carbocycles. The van der Waals surface area contributed by atoms with Crippen LogP contribution in [0.5, 0.6) is 0 Å². The Morgan fingerprint density at radius 2 is 1.85 bits per heavy atom. The molecule has 0 bridgehead atoms. The second-order valence-electron chi connectivity index (χ2n) is 6.79. The second kappa shape index (κ2) is 9.10. The number of hydrogen-bond donors (Lipinski definition) is 2. The molecular formula is C20H26FN2O3S+. The number of thiophene rings is 1. The molecule has 1 atom stereocenters. The van der Waals surface area contributed by atoms with E-state index in [0.717, 1.165) is 16.0 Å². The molecule has 2 rings (SSSR count). The van der Waals surface area contributed by atoms with Crippen molar-refractivity contribution < 1.29 is 24.0 Å². The summed E-state index contributed by atoms with van der Waals surface area (Å²) in [5.41, 5.74) is 2.20. The number of rotatable bonds is 7. The third-order valence-corrected chi connectivity index (χ3v) is 5.68. The van der Waals surface area contributed by atoms with Gasteiger partial charge in [0.05, 0.1) is 12.7 Å². The van der Waals surface area contributed by atoms with Crippen molar-refractivity contribution in [1.29, 1.82) is 0 Å². The van der Waals surface area contributed by atoms with Gasteiger partial charge < -0.3 is 15.4 Å². The van der Waals surface area contributed by atoms with Crippen molar-refractivity contribution in [2.75, 3.05) is 19.0 Å². The Morgan fingerprint density at radius 1 is 1.22 bits per heavy atom. The summed E-state index contributed by atoms with van der Waals surface area (Å²) in [6.45, 7) is 8.05. The van der Waals surface area contributed by atoms with Crippen LogP contribution in [0.2, 0.25) is 0 Å². The number of aryl methyl sites for hydroxylation is 1. The number of amides is 1.